The molecule has 0 aliphatic heterocycles. The van der Waals surface area contributed by atoms with Crippen LogP contribution in [-0.2, 0) is 20.9 Å². The van der Waals surface area contributed by atoms with Crippen LogP contribution >= 0.6 is 11.6 Å². The van der Waals surface area contributed by atoms with E-state index in [-0.39, 0.29) is 6.61 Å². The Hall–Kier alpha value is -1.75. The number of esters is 1. The lowest BCUT2D eigenvalue weighted by molar-refractivity contribution is -0.147. The summed E-state index contributed by atoms with van der Waals surface area (Å²) >= 11 is 5.77. The first-order valence-corrected chi connectivity index (χ1v) is 6.96. The summed E-state index contributed by atoms with van der Waals surface area (Å²) in [7, 11) is 0. The molecule has 0 bridgehead atoms. The van der Waals surface area contributed by atoms with Gasteiger partial charge >= 0.3 is 12.1 Å². The van der Waals surface area contributed by atoms with Gasteiger partial charge in [0.15, 0.2) is 0 Å². The number of carbonyl (C=O) groups is 2. The quantitative estimate of drug-likeness (QED) is 0.866. The third-order valence-electron chi connectivity index (χ3n) is 2.38. The van der Waals surface area contributed by atoms with Crippen LogP contribution in [0.4, 0.5) is 4.79 Å². The predicted octanol–water partition coefficient (Wildman–Crippen LogP) is 3.30. The fourth-order valence-corrected chi connectivity index (χ4v) is 1.53. The summed E-state index contributed by atoms with van der Waals surface area (Å²) in [5.41, 5.74) is 0.203. The summed E-state index contributed by atoms with van der Waals surface area (Å²) in [6.07, 6.45) is -0.654. The molecule has 0 fully saturated rings. The molecule has 0 aliphatic rings. The molecule has 1 N–H and O–H groups in total. The van der Waals surface area contributed by atoms with Gasteiger partial charge < -0.3 is 14.8 Å². The number of hydrogen-bond donors (Lipinski definition) is 1. The number of carbonyl (C=O) groups excluding carboxylic acids is 2. The number of halogens is 1. The maximum absolute atomic E-state index is 11.8. The third kappa shape index (κ3) is 6.99. The van der Waals surface area contributed by atoms with Crippen molar-refractivity contribution in [3.8, 4) is 0 Å². The molecule has 0 aliphatic carbocycles. The van der Waals surface area contributed by atoms with Crippen molar-refractivity contribution < 1.29 is 19.1 Å². The summed E-state index contributed by atoms with van der Waals surface area (Å²) in [6, 6.07) is 6.18. The Balaban J connectivity index is 2.40. The van der Waals surface area contributed by atoms with Gasteiger partial charge in [0.05, 0.1) is 0 Å². The van der Waals surface area contributed by atoms with E-state index in [4.69, 9.17) is 21.1 Å². The van der Waals surface area contributed by atoms with Gasteiger partial charge in [-0.25, -0.2) is 9.59 Å². The molecule has 21 heavy (non-hydrogen) atoms. The molecule has 1 rings (SSSR count). The van der Waals surface area contributed by atoms with Gasteiger partial charge in [-0.3, -0.25) is 0 Å². The van der Waals surface area contributed by atoms with Gasteiger partial charge in [0.1, 0.15) is 18.2 Å². The van der Waals surface area contributed by atoms with E-state index in [0.717, 1.165) is 5.56 Å². The summed E-state index contributed by atoms with van der Waals surface area (Å²) in [6.45, 7) is 6.90. The lowest BCUT2D eigenvalue weighted by atomic mass is 10.2. The van der Waals surface area contributed by atoms with Crippen molar-refractivity contribution in [2.45, 2.75) is 45.9 Å². The van der Waals surface area contributed by atoms with Crippen molar-refractivity contribution in [1.82, 2.24) is 5.32 Å². The molecule has 0 spiro atoms. The van der Waals surface area contributed by atoms with Gasteiger partial charge in [0.2, 0.25) is 0 Å². The van der Waals surface area contributed by atoms with Crippen molar-refractivity contribution in [3.05, 3.63) is 34.9 Å². The van der Waals surface area contributed by atoms with Gasteiger partial charge in [-0.15, -0.1) is 0 Å². The minimum absolute atomic E-state index is 0.121. The molecule has 0 saturated heterocycles. The van der Waals surface area contributed by atoms with Crippen LogP contribution in [0.25, 0.3) is 0 Å². The number of rotatable bonds is 4. The number of benzene rings is 1. The lowest BCUT2D eigenvalue weighted by Gasteiger charge is -2.21. The van der Waals surface area contributed by atoms with E-state index in [9.17, 15) is 9.59 Å². The normalized spacial score (nSPS) is 12.4. The molecule has 1 atom stereocenters. The van der Waals surface area contributed by atoms with E-state index >= 15 is 0 Å². The summed E-state index contributed by atoms with van der Waals surface area (Å²) < 4.78 is 10.2. The van der Waals surface area contributed by atoms with Crippen LogP contribution in [0.2, 0.25) is 5.02 Å². The number of amides is 1. The van der Waals surface area contributed by atoms with Crippen molar-refractivity contribution >= 4 is 23.7 Å². The van der Waals surface area contributed by atoms with Crippen LogP contribution < -0.4 is 5.32 Å². The standard InChI is InChI=1S/C15H20ClNO4/c1-10(17-14(19)21-15(2,3)4)13(18)20-9-11-5-7-12(16)8-6-11/h5-8,10H,9H2,1-4H3,(H,17,19). The average Bonchev–Trinajstić information content (AvgIpc) is 2.35. The zero-order valence-corrected chi connectivity index (χ0v) is 13.4. The first-order chi connectivity index (χ1) is 9.67. The summed E-state index contributed by atoms with van der Waals surface area (Å²) in [4.78, 5) is 23.3. The third-order valence-corrected chi connectivity index (χ3v) is 2.63. The predicted molar refractivity (Wildman–Crippen MR) is 80.1 cm³/mol. The number of ether oxygens (including phenoxy) is 2. The molecule has 0 aromatic heterocycles. The van der Waals surface area contributed by atoms with Crippen LogP contribution in [0.3, 0.4) is 0 Å². The largest absolute Gasteiger partial charge is 0.459 e. The molecule has 0 radical (unpaired) electrons. The molecule has 1 aromatic rings. The van der Waals surface area contributed by atoms with Gasteiger partial charge in [0, 0.05) is 5.02 Å². The Labute approximate surface area is 129 Å². The Morgan fingerprint density at radius 1 is 1.24 bits per heavy atom. The SMILES string of the molecule is CC(NC(=O)OC(C)(C)C)C(=O)OCc1ccc(Cl)cc1. The molecule has 116 valence electrons. The van der Waals surface area contributed by atoms with E-state index in [1.165, 1.54) is 6.92 Å². The second-order valence-electron chi connectivity index (χ2n) is 5.60. The van der Waals surface area contributed by atoms with Gasteiger partial charge in [-0.05, 0) is 45.4 Å². The van der Waals surface area contributed by atoms with Crippen LogP contribution in [0.15, 0.2) is 24.3 Å². The first-order valence-electron chi connectivity index (χ1n) is 6.58. The molecule has 0 heterocycles. The fraction of sp³-hybridized carbons (Fsp3) is 0.467. The van der Waals surface area contributed by atoms with E-state index in [0.29, 0.717) is 5.02 Å². The zero-order valence-electron chi connectivity index (χ0n) is 12.6. The van der Waals surface area contributed by atoms with Crippen LogP contribution in [0.1, 0.15) is 33.3 Å². The maximum Gasteiger partial charge on any atom is 0.408 e. The lowest BCUT2D eigenvalue weighted by Crippen LogP contribution is -2.42. The van der Waals surface area contributed by atoms with Gasteiger partial charge in [0.25, 0.3) is 0 Å². The molecular formula is C15H20ClNO4. The van der Waals surface area contributed by atoms with E-state index in [1.807, 2.05) is 0 Å². The van der Waals surface area contributed by atoms with Crippen LogP contribution in [0.5, 0.6) is 0 Å². The van der Waals surface area contributed by atoms with Crippen molar-refractivity contribution in [2.24, 2.45) is 0 Å². The summed E-state index contributed by atoms with van der Waals surface area (Å²) in [5.74, 6) is -0.532. The highest BCUT2D eigenvalue weighted by molar-refractivity contribution is 6.30. The Kier molecular flexibility index (Phi) is 6.03. The summed E-state index contributed by atoms with van der Waals surface area (Å²) in [5, 5.41) is 3.04. The fourth-order valence-electron chi connectivity index (χ4n) is 1.40. The van der Waals surface area contributed by atoms with E-state index in [2.05, 4.69) is 5.32 Å². The van der Waals surface area contributed by atoms with E-state index < -0.39 is 23.7 Å². The van der Waals surface area contributed by atoms with Crippen molar-refractivity contribution in [1.29, 1.82) is 0 Å². The maximum atomic E-state index is 11.8. The molecule has 1 aromatic carbocycles. The smallest absolute Gasteiger partial charge is 0.408 e. The highest BCUT2D eigenvalue weighted by Crippen LogP contribution is 2.11. The Morgan fingerprint density at radius 2 is 1.81 bits per heavy atom. The Morgan fingerprint density at radius 3 is 2.33 bits per heavy atom. The number of nitrogens with one attached hydrogen (secondary N) is 1. The number of hydrogen-bond acceptors (Lipinski definition) is 4. The molecule has 1 unspecified atom stereocenters. The minimum Gasteiger partial charge on any atom is -0.459 e. The van der Waals surface area contributed by atoms with Crippen LogP contribution in [0, 0.1) is 0 Å². The second kappa shape index (κ2) is 7.31. The molecule has 5 nitrogen and oxygen atoms in total. The highest BCUT2D eigenvalue weighted by atomic mass is 35.5. The molecule has 6 heteroatoms. The van der Waals surface area contributed by atoms with E-state index in [1.54, 1.807) is 45.0 Å². The monoisotopic (exact) mass is 313 g/mol. The average molecular weight is 314 g/mol. The minimum atomic E-state index is -0.785. The topological polar surface area (TPSA) is 64.6 Å². The highest BCUT2D eigenvalue weighted by Gasteiger charge is 2.21. The molecule has 0 saturated carbocycles. The van der Waals surface area contributed by atoms with Gasteiger partial charge in [-0.1, -0.05) is 23.7 Å². The first kappa shape index (κ1) is 17.3. The molecular weight excluding hydrogens is 294 g/mol. The van der Waals surface area contributed by atoms with Crippen LogP contribution in [-0.4, -0.2) is 23.7 Å². The number of alkyl carbamates (subject to hydrolysis) is 1. The Bertz CT molecular complexity index is 493. The second-order valence-corrected chi connectivity index (χ2v) is 6.04. The molecule has 1 amide bonds. The zero-order chi connectivity index (χ0) is 16.0. The van der Waals surface area contributed by atoms with Crippen molar-refractivity contribution in [2.75, 3.05) is 0 Å². The van der Waals surface area contributed by atoms with Crippen molar-refractivity contribution in [3.63, 3.8) is 0 Å². The van der Waals surface area contributed by atoms with Gasteiger partial charge in [-0.2, -0.15) is 0 Å².